The van der Waals surface area contributed by atoms with Gasteiger partial charge in [-0.2, -0.15) is 5.10 Å². The Morgan fingerprint density at radius 1 is 1.11 bits per heavy atom. The number of rotatable bonds is 9. The quantitative estimate of drug-likeness (QED) is 0.315. The van der Waals surface area contributed by atoms with Crippen LogP contribution >= 0.6 is 24.0 Å². The van der Waals surface area contributed by atoms with E-state index in [-0.39, 0.29) is 24.0 Å². The minimum Gasteiger partial charge on any atom is -0.497 e. The van der Waals surface area contributed by atoms with Crippen LogP contribution in [0.2, 0.25) is 0 Å². The van der Waals surface area contributed by atoms with Crippen molar-refractivity contribution in [2.75, 3.05) is 20.2 Å². The van der Waals surface area contributed by atoms with Gasteiger partial charge in [-0.25, -0.2) is 4.99 Å². The second kappa shape index (κ2) is 12.6. The predicted molar refractivity (Wildman–Crippen MR) is 127 cm³/mol. The Labute approximate surface area is 186 Å². The molecule has 0 fully saturated rings. The number of aliphatic imine (C=N–C) groups is 1. The molecule has 2 aromatic rings. The topological polar surface area (TPSA) is 63.5 Å². The normalized spacial score (nSPS) is 11.1. The summed E-state index contributed by atoms with van der Waals surface area (Å²) < 4.78 is 7.20. The van der Waals surface area contributed by atoms with E-state index in [4.69, 9.17) is 9.73 Å². The van der Waals surface area contributed by atoms with Crippen molar-refractivity contribution in [3.05, 3.63) is 46.8 Å². The molecular formula is C21H34IN5O. The number of hydrogen-bond acceptors (Lipinski definition) is 3. The van der Waals surface area contributed by atoms with Crippen LogP contribution in [-0.4, -0.2) is 35.9 Å². The molecule has 6 nitrogen and oxygen atoms in total. The number of hydrogen-bond donors (Lipinski definition) is 2. The second-order valence-electron chi connectivity index (χ2n) is 6.42. The van der Waals surface area contributed by atoms with E-state index in [0.29, 0.717) is 6.54 Å². The van der Waals surface area contributed by atoms with Crippen molar-refractivity contribution < 1.29 is 4.74 Å². The number of methoxy groups -OCH3 is 1. The summed E-state index contributed by atoms with van der Waals surface area (Å²) in [6, 6.07) is 8.19. The third-order valence-electron chi connectivity index (χ3n) is 4.63. The molecule has 0 saturated heterocycles. The molecule has 1 aromatic heterocycles. The highest BCUT2D eigenvalue weighted by Crippen LogP contribution is 2.16. The molecular weight excluding hydrogens is 465 g/mol. The molecule has 156 valence electrons. The van der Waals surface area contributed by atoms with Crippen LogP contribution < -0.4 is 15.4 Å². The van der Waals surface area contributed by atoms with Crippen LogP contribution in [0, 0.1) is 0 Å². The van der Waals surface area contributed by atoms with Crippen molar-refractivity contribution in [3.63, 3.8) is 0 Å². The molecule has 28 heavy (non-hydrogen) atoms. The number of aromatic nitrogens is 2. The first kappa shape index (κ1) is 24.3. The fraction of sp³-hybridized carbons (Fsp3) is 0.524. The average Bonchev–Trinajstić information content (AvgIpc) is 3.01. The lowest BCUT2D eigenvalue weighted by Crippen LogP contribution is -2.38. The molecule has 0 aliphatic heterocycles. The molecule has 0 unspecified atom stereocenters. The zero-order valence-electron chi connectivity index (χ0n) is 17.7. The predicted octanol–water partition coefficient (Wildman–Crippen LogP) is 3.47. The fourth-order valence-corrected chi connectivity index (χ4v) is 3.19. The standard InChI is InChI=1S/C21H33N5O.HI/c1-6-19-18(20(7-2)26(4)25-19)15-24-21(22-8-3)23-14-13-16-9-11-17(27-5)12-10-16;/h9-12H,6-8,13-15H2,1-5H3,(H2,22,23,24);1H. The zero-order chi connectivity index (χ0) is 19.6. The minimum atomic E-state index is 0. The molecule has 0 atom stereocenters. The van der Waals surface area contributed by atoms with Gasteiger partial charge in [0.05, 0.1) is 19.3 Å². The molecule has 0 saturated carbocycles. The third-order valence-corrected chi connectivity index (χ3v) is 4.63. The second-order valence-corrected chi connectivity index (χ2v) is 6.42. The SMILES string of the molecule is CCNC(=NCc1c(CC)nn(C)c1CC)NCCc1ccc(OC)cc1.I. The molecule has 0 amide bonds. The first-order valence-corrected chi connectivity index (χ1v) is 9.81. The monoisotopic (exact) mass is 499 g/mol. The molecule has 2 N–H and O–H groups in total. The van der Waals surface area contributed by atoms with E-state index in [1.807, 2.05) is 23.9 Å². The van der Waals surface area contributed by atoms with Crippen LogP contribution in [0.3, 0.4) is 0 Å². The molecule has 0 aliphatic carbocycles. The molecule has 1 aromatic carbocycles. The maximum atomic E-state index is 5.21. The van der Waals surface area contributed by atoms with E-state index in [9.17, 15) is 0 Å². The van der Waals surface area contributed by atoms with Gasteiger partial charge in [0, 0.05) is 31.4 Å². The summed E-state index contributed by atoms with van der Waals surface area (Å²) in [5, 5.41) is 11.4. The van der Waals surface area contributed by atoms with Gasteiger partial charge in [0.15, 0.2) is 5.96 Å². The summed E-state index contributed by atoms with van der Waals surface area (Å²) in [4.78, 5) is 4.79. The van der Waals surface area contributed by atoms with Crippen LogP contribution in [0.5, 0.6) is 5.75 Å². The Hall–Kier alpha value is -1.77. The molecule has 1 heterocycles. The number of halogens is 1. The number of benzene rings is 1. The van der Waals surface area contributed by atoms with E-state index in [1.165, 1.54) is 16.8 Å². The summed E-state index contributed by atoms with van der Waals surface area (Å²) in [5.41, 5.74) is 4.94. The maximum Gasteiger partial charge on any atom is 0.191 e. The van der Waals surface area contributed by atoms with Crippen LogP contribution in [0.4, 0.5) is 0 Å². The Bertz CT molecular complexity index is 740. The highest BCUT2D eigenvalue weighted by Gasteiger charge is 2.13. The van der Waals surface area contributed by atoms with E-state index >= 15 is 0 Å². The Kier molecular flexibility index (Phi) is 11.0. The van der Waals surface area contributed by atoms with Crippen molar-refractivity contribution in [1.82, 2.24) is 20.4 Å². The lowest BCUT2D eigenvalue weighted by molar-refractivity contribution is 0.414. The van der Waals surface area contributed by atoms with Crippen molar-refractivity contribution in [3.8, 4) is 5.75 Å². The Balaban J connectivity index is 0.00000392. The van der Waals surface area contributed by atoms with Crippen LogP contribution in [-0.2, 0) is 32.9 Å². The summed E-state index contributed by atoms with van der Waals surface area (Å²) in [6.07, 6.45) is 2.83. The summed E-state index contributed by atoms with van der Waals surface area (Å²) in [6.45, 7) is 8.71. The lowest BCUT2D eigenvalue weighted by atomic mass is 10.1. The van der Waals surface area contributed by atoms with Crippen LogP contribution in [0.25, 0.3) is 0 Å². The van der Waals surface area contributed by atoms with Gasteiger partial charge < -0.3 is 15.4 Å². The first-order chi connectivity index (χ1) is 13.1. The van der Waals surface area contributed by atoms with Crippen molar-refractivity contribution in [2.24, 2.45) is 12.0 Å². The average molecular weight is 499 g/mol. The molecule has 0 bridgehead atoms. The van der Waals surface area contributed by atoms with Gasteiger partial charge >= 0.3 is 0 Å². The van der Waals surface area contributed by atoms with E-state index in [2.05, 4.69) is 48.6 Å². The molecule has 0 radical (unpaired) electrons. The zero-order valence-corrected chi connectivity index (χ0v) is 20.0. The Morgan fingerprint density at radius 2 is 1.82 bits per heavy atom. The maximum absolute atomic E-state index is 5.21. The smallest absolute Gasteiger partial charge is 0.191 e. The summed E-state index contributed by atoms with van der Waals surface area (Å²) in [5.74, 6) is 1.73. The van der Waals surface area contributed by atoms with E-state index in [1.54, 1.807) is 7.11 Å². The number of ether oxygens (including phenoxy) is 1. The van der Waals surface area contributed by atoms with Crippen LogP contribution in [0.1, 0.15) is 43.3 Å². The van der Waals surface area contributed by atoms with Crippen molar-refractivity contribution in [2.45, 2.75) is 46.6 Å². The fourth-order valence-electron chi connectivity index (χ4n) is 3.19. The third kappa shape index (κ3) is 6.68. The molecule has 0 aliphatic rings. The van der Waals surface area contributed by atoms with Crippen molar-refractivity contribution >= 4 is 29.9 Å². The van der Waals surface area contributed by atoms with E-state index < -0.39 is 0 Å². The van der Waals surface area contributed by atoms with Gasteiger partial charge in [-0.15, -0.1) is 24.0 Å². The van der Waals surface area contributed by atoms with Gasteiger partial charge in [-0.3, -0.25) is 4.68 Å². The number of guanidine groups is 1. The largest absolute Gasteiger partial charge is 0.497 e. The minimum absolute atomic E-state index is 0. The van der Waals surface area contributed by atoms with Crippen LogP contribution in [0.15, 0.2) is 29.3 Å². The van der Waals surface area contributed by atoms with E-state index in [0.717, 1.165) is 49.8 Å². The number of nitrogens with one attached hydrogen (secondary N) is 2. The highest BCUT2D eigenvalue weighted by atomic mass is 127. The number of nitrogens with zero attached hydrogens (tertiary/aromatic N) is 3. The highest BCUT2D eigenvalue weighted by molar-refractivity contribution is 14.0. The van der Waals surface area contributed by atoms with Gasteiger partial charge in [0.2, 0.25) is 0 Å². The summed E-state index contributed by atoms with van der Waals surface area (Å²) in [7, 11) is 3.70. The Morgan fingerprint density at radius 3 is 2.39 bits per heavy atom. The van der Waals surface area contributed by atoms with Gasteiger partial charge in [0.1, 0.15) is 5.75 Å². The van der Waals surface area contributed by atoms with Gasteiger partial charge in [0.25, 0.3) is 0 Å². The molecule has 2 rings (SSSR count). The van der Waals surface area contributed by atoms with Crippen molar-refractivity contribution in [1.29, 1.82) is 0 Å². The first-order valence-electron chi connectivity index (χ1n) is 9.81. The van der Waals surface area contributed by atoms with Gasteiger partial charge in [-0.05, 0) is 43.9 Å². The molecule has 7 heteroatoms. The van der Waals surface area contributed by atoms with Gasteiger partial charge in [-0.1, -0.05) is 26.0 Å². The summed E-state index contributed by atoms with van der Waals surface area (Å²) >= 11 is 0. The number of aryl methyl sites for hydroxylation is 2. The molecule has 0 spiro atoms. The lowest BCUT2D eigenvalue weighted by Gasteiger charge is -2.12.